The largest absolute Gasteiger partial charge is 0.364 e. The Morgan fingerprint density at radius 3 is 1.86 bits per heavy atom. The van der Waals surface area contributed by atoms with Crippen molar-refractivity contribution in [2.75, 3.05) is 0 Å². The number of hydrogen-bond donors (Lipinski definition) is 1. The number of hydrogen-bond acceptors (Lipinski definition) is 3. The van der Waals surface area contributed by atoms with Crippen molar-refractivity contribution < 1.29 is 9.59 Å². The van der Waals surface area contributed by atoms with Gasteiger partial charge in [0.2, 0.25) is 0 Å². The van der Waals surface area contributed by atoms with Gasteiger partial charge in [-0.3, -0.25) is 9.59 Å². The lowest BCUT2D eigenvalue weighted by molar-refractivity contribution is 0.0977. The number of aromatic nitrogens is 2. The molecule has 0 spiro atoms. The molecule has 0 aliphatic heterocycles. The highest BCUT2D eigenvalue weighted by atomic mass is 16.1. The van der Waals surface area contributed by atoms with Gasteiger partial charge in [0.15, 0.2) is 11.5 Å². The van der Waals surface area contributed by atoms with Gasteiger partial charge in [0.05, 0.1) is 16.9 Å². The molecular weight excluding hydrogens is 350 g/mol. The third-order valence-corrected chi connectivity index (χ3v) is 4.43. The van der Waals surface area contributed by atoms with E-state index in [9.17, 15) is 9.59 Å². The molecule has 0 atom stereocenters. The lowest BCUT2D eigenvalue weighted by atomic mass is 9.97. The second kappa shape index (κ2) is 7.32. The minimum atomic E-state index is -0.744. The quantitative estimate of drug-likeness (QED) is 0.544. The summed E-state index contributed by atoms with van der Waals surface area (Å²) in [7, 11) is 0. The highest BCUT2D eigenvalue weighted by Gasteiger charge is 2.28. The van der Waals surface area contributed by atoms with Crippen molar-refractivity contribution >= 4 is 11.7 Å². The summed E-state index contributed by atoms with van der Waals surface area (Å²) in [5.41, 5.74) is 8.26. The Hall–Kier alpha value is -3.99. The zero-order chi connectivity index (χ0) is 19.5. The van der Waals surface area contributed by atoms with Crippen LogP contribution in [0, 0.1) is 0 Å². The molecule has 136 valence electrons. The van der Waals surface area contributed by atoms with Gasteiger partial charge in [-0.25, -0.2) is 4.68 Å². The monoisotopic (exact) mass is 367 g/mol. The van der Waals surface area contributed by atoms with Crippen LogP contribution in [0.25, 0.3) is 16.9 Å². The Bertz CT molecular complexity index is 1130. The van der Waals surface area contributed by atoms with Crippen molar-refractivity contribution in [1.29, 1.82) is 0 Å². The van der Waals surface area contributed by atoms with Gasteiger partial charge in [0.25, 0.3) is 5.91 Å². The second-order valence-electron chi connectivity index (χ2n) is 6.24. The number of carbonyl (C=O) groups excluding carboxylic acids is 2. The summed E-state index contributed by atoms with van der Waals surface area (Å²) in [6, 6.07) is 27.6. The molecule has 0 aliphatic carbocycles. The first-order valence-electron chi connectivity index (χ1n) is 8.80. The predicted octanol–water partition coefficient (Wildman–Crippen LogP) is 3.87. The van der Waals surface area contributed by atoms with E-state index in [-0.39, 0.29) is 17.0 Å². The maximum atomic E-state index is 13.3. The topological polar surface area (TPSA) is 78.0 Å². The van der Waals surface area contributed by atoms with Crippen LogP contribution in [0.5, 0.6) is 0 Å². The van der Waals surface area contributed by atoms with Gasteiger partial charge in [-0.15, -0.1) is 0 Å². The van der Waals surface area contributed by atoms with Crippen molar-refractivity contribution in [2.24, 2.45) is 5.73 Å². The van der Waals surface area contributed by atoms with Crippen LogP contribution < -0.4 is 5.73 Å². The fourth-order valence-electron chi connectivity index (χ4n) is 3.16. The van der Waals surface area contributed by atoms with E-state index in [4.69, 9.17) is 5.73 Å². The number of nitrogens with two attached hydrogens (primary N) is 1. The number of nitrogens with zero attached hydrogens (tertiary/aromatic N) is 2. The summed E-state index contributed by atoms with van der Waals surface area (Å²) < 4.78 is 1.60. The molecule has 0 fully saturated rings. The van der Waals surface area contributed by atoms with Gasteiger partial charge >= 0.3 is 0 Å². The normalized spacial score (nSPS) is 10.6. The minimum absolute atomic E-state index is 0.0449. The fraction of sp³-hybridized carbons (Fsp3) is 0. The summed E-state index contributed by atoms with van der Waals surface area (Å²) in [4.78, 5) is 25.5. The Morgan fingerprint density at radius 1 is 0.750 bits per heavy atom. The molecule has 1 amide bonds. The van der Waals surface area contributed by atoms with Crippen molar-refractivity contribution in [3.63, 3.8) is 0 Å². The standard InChI is InChI=1S/C23H17N3O2/c24-23(28)20-19(22(27)17-12-6-2-7-13-17)21(16-10-4-1-5-11-16)26(25-20)18-14-8-3-9-15-18/h1-15H,(H2,24,28). The summed E-state index contributed by atoms with van der Waals surface area (Å²) in [6.07, 6.45) is 0. The molecule has 0 saturated heterocycles. The maximum Gasteiger partial charge on any atom is 0.270 e. The molecule has 4 aromatic rings. The van der Waals surface area contributed by atoms with Crippen molar-refractivity contribution in [3.8, 4) is 16.9 Å². The maximum absolute atomic E-state index is 13.3. The highest BCUT2D eigenvalue weighted by molar-refractivity contribution is 6.17. The molecule has 0 bridgehead atoms. The van der Waals surface area contributed by atoms with Crippen LogP contribution in [0.4, 0.5) is 0 Å². The van der Waals surface area contributed by atoms with Crippen molar-refractivity contribution in [3.05, 3.63) is 108 Å². The van der Waals surface area contributed by atoms with E-state index in [0.29, 0.717) is 11.3 Å². The molecule has 4 rings (SSSR count). The Kier molecular flexibility index (Phi) is 4.56. The van der Waals surface area contributed by atoms with Crippen LogP contribution in [-0.2, 0) is 0 Å². The van der Waals surface area contributed by atoms with Gasteiger partial charge in [-0.2, -0.15) is 5.10 Å². The van der Waals surface area contributed by atoms with E-state index in [1.165, 1.54) is 0 Å². The van der Waals surface area contributed by atoms with E-state index < -0.39 is 5.91 Å². The van der Waals surface area contributed by atoms with Crippen molar-refractivity contribution in [1.82, 2.24) is 9.78 Å². The van der Waals surface area contributed by atoms with Crippen LogP contribution >= 0.6 is 0 Å². The lowest BCUT2D eigenvalue weighted by Crippen LogP contribution is -2.16. The molecule has 0 saturated carbocycles. The van der Waals surface area contributed by atoms with E-state index >= 15 is 0 Å². The summed E-state index contributed by atoms with van der Waals surface area (Å²) in [6.45, 7) is 0. The third-order valence-electron chi connectivity index (χ3n) is 4.43. The molecule has 1 heterocycles. The van der Waals surface area contributed by atoms with Gasteiger partial charge in [-0.05, 0) is 12.1 Å². The number of para-hydroxylation sites is 1. The molecule has 0 radical (unpaired) electrons. The van der Waals surface area contributed by atoms with E-state index in [1.807, 2.05) is 66.7 Å². The third kappa shape index (κ3) is 3.10. The fourth-order valence-corrected chi connectivity index (χ4v) is 3.16. The van der Waals surface area contributed by atoms with E-state index in [0.717, 1.165) is 11.3 Å². The van der Waals surface area contributed by atoms with Gasteiger partial charge in [0.1, 0.15) is 0 Å². The summed E-state index contributed by atoms with van der Waals surface area (Å²) in [5.74, 6) is -1.04. The second-order valence-corrected chi connectivity index (χ2v) is 6.24. The van der Waals surface area contributed by atoms with Crippen LogP contribution in [0.3, 0.4) is 0 Å². The molecular formula is C23H17N3O2. The van der Waals surface area contributed by atoms with Crippen molar-refractivity contribution in [2.45, 2.75) is 0 Å². The molecule has 1 aromatic heterocycles. The van der Waals surface area contributed by atoms with E-state index in [2.05, 4.69) is 5.10 Å². The Balaban J connectivity index is 2.05. The molecule has 0 unspecified atom stereocenters. The summed E-state index contributed by atoms with van der Waals surface area (Å²) in [5, 5.41) is 4.42. The highest BCUT2D eigenvalue weighted by Crippen LogP contribution is 2.31. The molecule has 2 N–H and O–H groups in total. The molecule has 5 nitrogen and oxygen atoms in total. The summed E-state index contributed by atoms with van der Waals surface area (Å²) >= 11 is 0. The van der Waals surface area contributed by atoms with Crippen LogP contribution in [0.2, 0.25) is 0 Å². The Morgan fingerprint density at radius 2 is 1.29 bits per heavy atom. The number of benzene rings is 3. The smallest absolute Gasteiger partial charge is 0.270 e. The number of rotatable bonds is 5. The predicted molar refractivity (Wildman–Crippen MR) is 107 cm³/mol. The van der Waals surface area contributed by atoms with Crippen LogP contribution in [0.15, 0.2) is 91.0 Å². The number of primary amides is 1. The van der Waals surface area contributed by atoms with Crippen LogP contribution in [0.1, 0.15) is 26.4 Å². The zero-order valence-corrected chi connectivity index (χ0v) is 14.9. The molecule has 0 aliphatic rings. The Labute approximate surface area is 162 Å². The van der Waals surface area contributed by atoms with Gasteiger partial charge < -0.3 is 5.73 Å². The van der Waals surface area contributed by atoms with Gasteiger partial charge in [-0.1, -0.05) is 78.9 Å². The molecule has 28 heavy (non-hydrogen) atoms. The SMILES string of the molecule is NC(=O)c1nn(-c2ccccc2)c(-c2ccccc2)c1C(=O)c1ccccc1. The first kappa shape index (κ1) is 17.4. The molecule has 5 heteroatoms. The van der Waals surface area contributed by atoms with Crippen LogP contribution in [-0.4, -0.2) is 21.5 Å². The first-order chi connectivity index (χ1) is 13.7. The zero-order valence-electron chi connectivity index (χ0n) is 14.9. The van der Waals surface area contributed by atoms with Gasteiger partial charge in [0, 0.05) is 11.1 Å². The minimum Gasteiger partial charge on any atom is -0.364 e. The lowest BCUT2D eigenvalue weighted by Gasteiger charge is -2.10. The average molecular weight is 367 g/mol. The number of carbonyl (C=O) groups is 2. The average Bonchev–Trinajstić information content (AvgIpc) is 3.16. The van der Waals surface area contributed by atoms with E-state index in [1.54, 1.807) is 28.9 Å². The molecule has 3 aromatic carbocycles. The first-order valence-corrected chi connectivity index (χ1v) is 8.80. The number of ketones is 1. The number of amides is 1.